The van der Waals surface area contributed by atoms with Gasteiger partial charge in [0.2, 0.25) is 0 Å². The normalized spacial score (nSPS) is 16.8. The number of para-hydroxylation sites is 1. The van der Waals surface area contributed by atoms with E-state index in [1.165, 1.54) is 0 Å². The molecule has 90 valence electrons. The number of aromatic hydroxyl groups is 1. The molecule has 1 rings (SSSR count). The molecule has 1 aromatic rings. The van der Waals surface area contributed by atoms with E-state index in [2.05, 4.69) is 0 Å². The zero-order valence-electron chi connectivity index (χ0n) is 9.93. The van der Waals surface area contributed by atoms with E-state index in [1.54, 1.807) is 12.1 Å². The molecule has 0 aliphatic carbocycles. The molecule has 0 aliphatic heterocycles. The van der Waals surface area contributed by atoms with Gasteiger partial charge in [-0.25, -0.2) is 0 Å². The van der Waals surface area contributed by atoms with Crippen LogP contribution in [0.25, 0.3) is 0 Å². The Bertz CT molecular complexity index is 327. The van der Waals surface area contributed by atoms with Gasteiger partial charge < -0.3 is 15.9 Å². The van der Waals surface area contributed by atoms with Crippen molar-refractivity contribution in [3.05, 3.63) is 29.8 Å². The van der Waals surface area contributed by atoms with Crippen molar-refractivity contribution in [2.45, 2.75) is 44.8 Å². The minimum absolute atomic E-state index is 0.105. The molecule has 0 aromatic heterocycles. The SMILES string of the molecule is CCC(N)C(O)CC(C)c1ccccc1O. The van der Waals surface area contributed by atoms with Gasteiger partial charge in [-0.1, -0.05) is 32.0 Å². The van der Waals surface area contributed by atoms with E-state index >= 15 is 0 Å². The molecule has 4 N–H and O–H groups in total. The van der Waals surface area contributed by atoms with Gasteiger partial charge in [-0.2, -0.15) is 0 Å². The van der Waals surface area contributed by atoms with Crippen LogP contribution in [-0.4, -0.2) is 22.4 Å². The van der Waals surface area contributed by atoms with Gasteiger partial charge in [0.1, 0.15) is 5.75 Å². The quantitative estimate of drug-likeness (QED) is 0.715. The van der Waals surface area contributed by atoms with E-state index in [0.29, 0.717) is 6.42 Å². The Kier molecular flexibility index (Phi) is 4.77. The molecule has 0 heterocycles. The molecular formula is C13H21NO2. The third kappa shape index (κ3) is 3.22. The van der Waals surface area contributed by atoms with Crippen LogP contribution in [-0.2, 0) is 0 Å². The molecule has 0 aliphatic rings. The number of hydrogen-bond acceptors (Lipinski definition) is 3. The Labute approximate surface area is 96.9 Å². The van der Waals surface area contributed by atoms with Gasteiger partial charge in [-0.05, 0) is 30.4 Å². The van der Waals surface area contributed by atoms with Gasteiger partial charge >= 0.3 is 0 Å². The number of benzene rings is 1. The standard InChI is InChI=1S/C13H21NO2/c1-3-11(14)13(16)8-9(2)10-6-4-5-7-12(10)15/h4-7,9,11,13,15-16H,3,8,14H2,1-2H3. The number of rotatable bonds is 5. The predicted molar refractivity (Wildman–Crippen MR) is 65.4 cm³/mol. The van der Waals surface area contributed by atoms with E-state index in [1.807, 2.05) is 26.0 Å². The van der Waals surface area contributed by atoms with Crippen molar-refractivity contribution >= 4 is 0 Å². The van der Waals surface area contributed by atoms with Crippen molar-refractivity contribution in [3.63, 3.8) is 0 Å². The van der Waals surface area contributed by atoms with Crippen LogP contribution >= 0.6 is 0 Å². The topological polar surface area (TPSA) is 66.5 Å². The van der Waals surface area contributed by atoms with E-state index in [-0.39, 0.29) is 17.7 Å². The molecule has 3 unspecified atom stereocenters. The van der Waals surface area contributed by atoms with Crippen molar-refractivity contribution in [1.82, 2.24) is 0 Å². The largest absolute Gasteiger partial charge is 0.508 e. The van der Waals surface area contributed by atoms with Crippen LogP contribution in [0.15, 0.2) is 24.3 Å². The van der Waals surface area contributed by atoms with Gasteiger partial charge in [-0.15, -0.1) is 0 Å². The van der Waals surface area contributed by atoms with E-state index in [9.17, 15) is 10.2 Å². The second-order valence-corrected chi connectivity index (χ2v) is 4.34. The van der Waals surface area contributed by atoms with Gasteiger partial charge in [0.25, 0.3) is 0 Å². The molecule has 3 atom stereocenters. The number of aliphatic hydroxyl groups is 1. The van der Waals surface area contributed by atoms with Crippen LogP contribution in [0.2, 0.25) is 0 Å². The summed E-state index contributed by atoms with van der Waals surface area (Å²) in [6.45, 7) is 3.94. The maximum absolute atomic E-state index is 9.83. The predicted octanol–water partition coefficient (Wildman–Crippen LogP) is 1.98. The second-order valence-electron chi connectivity index (χ2n) is 4.34. The summed E-state index contributed by atoms with van der Waals surface area (Å²) in [5.41, 5.74) is 6.63. The minimum atomic E-state index is -0.514. The van der Waals surface area contributed by atoms with Crippen molar-refractivity contribution < 1.29 is 10.2 Å². The number of phenolic OH excluding ortho intramolecular Hbond substituents is 1. The minimum Gasteiger partial charge on any atom is -0.508 e. The van der Waals surface area contributed by atoms with Gasteiger partial charge in [0.15, 0.2) is 0 Å². The average Bonchev–Trinajstić information content (AvgIpc) is 2.28. The van der Waals surface area contributed by atoms with Crippen LogP contribution in [0, 0.1) is 0 Å². The Balaban J connectivity index is 2.65. The molecule has 0 radical (unpaired) electrons. The smallest absolute Gasteiger partial charge is 0.119 e. The molecule has 0 saturated heterocycles. The summed E-state index contributed by atoms with van der Waals surface area (Å²) in [4.78, 5) is 0. The van der Waals surface area contributed by atoms with Crippen molar-refractivity contribution in [3.8, 4) is 5.75 Å². The van der Waals surface area contributed by atoms with E-state index in [4.69, 9.17) is 5.73 Å². The zero-order valence-corrected chi connectivity index (χ0v) is 9.93. The molecule has 3 heteroatoms. The van der Waals surface area contributed by atoms with E-state index < -0.39 is 6.10 Å². The zero-order chi connectivity index (χ0) is 12.1. The molecular weight excluding hydrogens is 202 g/mol. The summed E-state index contributed by atoms with van der Waals surface area (Å²) in [5, 5.41) is 19.5. The molecule has 3 nitrogen and oxygen atoms in total. The van der Waals surface area contributed by atoms with Gasteiger partial charge in [0, 0.05) is 6.04 Å². The van der Waals surface area contributed by atoms with Crippen LogP contribution in [0.5, 0.6) is 5.75 Å². The summed E-state index contributed by atoms with van der Waals surface area (Å²) in [6.07, 6.45) is 0.820. The summed E-state index contributed by atoms with van der Waals surface area (Å²) < 4.78 is 0. The Morgan fingerprint density at radius 3 is 2.50 bits per heavy atom. The third-order valence-electron chi connectivity index (χ3n) is 3.03. The van der Waals surface area contributed by atoms with Crippen molar-refractivity contribution in [1.29, 1.82) is 0 Å². The summed E-state index contributed by atoms with van der Waals surface area (Å²) in [5.74, 6) is 0.390. The Morgan fingerprint density at radius 1 is 1.31 bits per heavy atom. The maximum Gasteiger partial charge on any atom is 0.119 e. The molecule has 0 fully saturated rings. The molecule has 0 bridgehead atoms. The highest BCUT2D eigenvalue weighted by Gasteiger charge is 2.18. The summed E-state index contributed by atoms with van der Waals surface area (Å²) >= 11 is 0. The molecule has 0 spiro atoms. The Morgan fingerprint density at radius 2 is 1.94 bits per heavy atom. The fraction of sp³-hybridized carbons (Fsp3) is 0.538. The third-order valence-corrected chi connectivity index (χ3v) is 3.03. The fourth-order valence-corrected chi connectivity index (χ4v) is 1.84. The summed E-state index contributed by atoms with van der Waals surface area (Å²) in [7, 11) is 0. The molecule has 0 amide bonds. The van der Waals surface area contributed by atoms with Gasteiger partial charge in [0.05, 0.1) is 6.10 Å². The first-order valence-corrected chi connectivity index (χ1v) is 5.77. The van der Waals surface area contributed by atoms with Crippen molar-refractivity contribution in [2.75, 3.05) is 0 Å². The van der Waals surface area contributed by atoms with E-state index in [0.717, 1.165) is 12.0 Å². The first-order valence-electron chi connectivity index (χ1n) is 5.77. The van der Waals surface area contributed by atoms with Crippen LogP contribution in [0.3, 0.4) is 0 Å². The highest BCUT2D eigenvalue weighted by molar-refractivity contribution is 5.34. The highest BCUT2D eigenvalue weighted by Crippen LogP contribution is 2.28. The van der Waals surface area contributed by atoms with Crippen LogP contribution in [0.4, 0.5) is 0 Å². The fourth-order valence-electron chi connectivity index (χ4n) is 1.84. The first-order chi connectivity index (χ1) is 7.56. The molecule has 0 saturated carbocycles. The second kappa shape index (κ2) is 5.87. The Hall–Kier alpha value is -1.06. The van der Waals surface area contributed by atoms with Crippen molar-refractivity contribution in [2.24, 2.45) is 5.73 Å². The lowest BCUT2D eigenvalue weighted by molar-refractivity contribution is 0.126. The van der Waals surface area contributed by atoms with Gasteiger partial charge in [-0.3, -0.25) is 0 Å². The lowest BCUT2D eigenvalue weighted by Crippen LogP contribution is -2.34. The lowest BCUT2D eigenvalue weighted by Gasteiger charge is -2.21. The monoisotopic (exact) mass is 223 g/mol. The number of phenols is 1. The van der Waals surface area contributed by atoms with Crippen LogP contribution in [0.1, 0.15) is 38.2 Å². The lowest BCUT2D eigenvalue weighted by atomic mass is 9.91. The summed E-state index contributed by atoms with van der Waals surface area (Å²) in [6, 6.07) is 7.04. The first kappa shape index (κ1) is 13.0. The number of hydrogen-bond donors (Lipinski definition) is 3. The number of nitrogens with two attached hydrogens (primary N) is 1. The van der Waals surface area contributed by atoms with Crippen LogP contribution < -0.4 is 5.73 Å². The highest BCUT2D eigenvalue weighted by atomic mass is 16.3. The maximum atomic E-state index is 9.83. The number of aliphatic hydroxyl groups excluding tert-OH is 1. The molecule has 16 heavy (non-hydrogen) atoms. The average molecular weight is 223 g/mol. The molecule has 1 aromatic carbocycles.